The van der Waals surface area contributed by atoms with Gasteiger partial charge in [0.05, 0.1) is 0 Å². The summed E-state index contributed by atoms with van der Waals surface area (Å²) in [7, 11) is 0. The number of amides is 2. The number of hydrogen-bond donors (Lipinski definition) is 2. The van der Waals surface area contributed by atoms with Crippen molar-refractivity contribution in [2.24, 2.45) is 5.92 Å². The molecule has 0 aliphatic heterocycles. The van der Waals surface area contributed by atoms with Crippen LogP contribution in [0.4, 0.5) is 11.4 Å². The smallest absolute Gasteiger partial charge is 0.255 e. The number of nitrogens with one attached hydrogen (secondary N) is 2. The van der Waals surface area contributed by atoms with Crippen LogP contribution in [0.15, 0.2) is 48.5 Å². The van der Waals surface area contributed by atoms with Gasteiger partial charge in [0.15, 0.2) is 0 Å². The second-order valence-corrected chi connectivity index (χ2v) is 6.58. The third-order valence-electron chi connectivity index (χ3n) is 4.18. The Morgan fingerprint density at radius 1 is 0.958 bits per heavy atom. The lowest BCUT2D eigenvalue weighted by atomic mass is 10.0. The molecule has 2 aromatic carbocycles. The van der Waals surface area contributed by atoms with Crippen molar-refractivity contribution in [3.63, 3.8) is 0 Å². The molecule has 2 N–H and O–H groups in total. The molecule has 24 heavy (non-hydrogen) atoms. The van der Waals surface area contributed by atoms with E-state index in [4.69, 9.17) is 0 Å². The lowest BCUT2D eigenvalue weighted by Gasteiger charge is -2.10. The Labute approximate surface area is 142 Å². The molecule has 1 aliphatic rings. The van der Waals surface area contributed by atoms with Gasteiger partial charge in [-0.15, -0.1) is 0 Å². The number of benzene rings is 2. The summed E-state index contributed by atoms with van der Waals surface area (Å²) in [5, 5.41) is 5.76. The van der Waals surface area contributed by atoms with Crippen molar-refractivity contribution in [2.45, 2.75) is 32.6 Å². The molecule has 0 aromatic heterocycles. The Balaban J connectivity index is 1.66. The fourth-order valence-electron chi connectivity index (χ4n) is 2.49. The predicted molar refractivity (Wildman–Crippen MR) is 96.3 cm³/mol. The van der Waals surface area contributed by atoms with Crippen LogP contribution in [0.25, 0.3) is 0 Å². The molecule has 4 nitrogen and oxygen atoms in total. The molecule has 1 saturated carbocycles. The highest BCUT2D eigenvalue weighted by molar-refractivity contribution is 6.04. The van der Waals surface area contributed by atoms with Crippen LogP contribution in [0.2, 0.25) is 0 Å². The quantitative estimate of drug-likeness (QED) is 0.856. The van der Waals surface area contributed by atoms with Gasteiger partial charge < -0.3 is 10.6 Å². The number of rotatable bonds is 5. The summed E-state index contributed by atoms with van der Waals surface area (Å²) in [6, 6.07) is 14.9. The predicted octanol–water partition coefficient (Wildman–Crippen LogP) is 4.41. The van der Waals surface area contributed by atoms with E-state index in [-0.39, 0.29) is 17.7 Å². The van der Waals surface area contributed by atoms with Gasteiger partial charge >= 0.3 is 0 Å². The van der Waals surface area contributed by atoms with E-state index in [1.807, 2.05) is 42.5 Å². The topological polar surface area (TPSA) is 58.2 Å². The van der Waals surface area contributed by atoms with Crippen molar-refractivity contribution in [3.8, 4) is 0 Å². The Hall–Kier alpha value is -2.62. The molecule has 1 aliphatic carbocycles. The van der Waals surface area contributed by atoms with E-state index in [0.29, 0.717) is 22.9 Å². The number of anilines is 2. The molecular weight excluding hydrogens is 300 g/mol. The molecule has 0 heterocycles. The highest BCUT2D eigenvalue weighted by Crippen LogP contribution is 2.30. The van der Waals surface area contributed by atoms with Gasteiger partial charge in [-0.25, -0.2) is 0 Å². The molecule has 1 fully saturated rings. The minimum absolute atomic E-state index is 0.0581. The SMILES string of the molecule is CC(C)c1ccc(C(=O)Nc2cccc(NC(=O)C3CC3)c2)cc1. The van der Waals surface area contributed by atoms with E-state index in [1.165, 1.54) is 5.56 Å². The zero-order valence-corrected chi connectivity index (χ0v) is 14.0. The first-order valence-corrected chi connectivity index (χ1v) is 8.35. The maximum absolute atomic E-state index is 12.3. The molecule has 0 saturated heterocycles. The van der Waals surface area contributed by atoms with Crippen molar-refractivity contribution < 1.29 is 9.59 Å². The standard InChI is InChI=1S/C20H22N2O2/c1-13(2)14-6-8-15(9-7-14)19(23)21-17-4-3-5-18(12-17)22-20(24)16-10-11-16/h3-9,12-13,16H,10-11H2,1-2H3,(H,21,23)(H,22,24). The fourth-order valence-corrected chi connectivity index (χ4v) is 2.49. The van der Waals surface area contributed by atoms with Gasteiger partial charge in [-0.1, -0.05) is 32.0 Å². The van der Waals surface area contributed by atoms with Gasteiger partial charge in [0.2, 0.25) is 5.91 Å². The Bertz CT molecular complexity index is 746. The minimum Gasteiger partial charge on any atom is -0.326 e. The van der Waals surface area contributed by atoms with Crippen molar-refractivity contribution in [1.29, 1.82) is 0 Å². The largest absolute Gasteiger partial charge is 0.326 e. The van der Waals surface area contributed by atoms with Crippen molar-refractivity contribution in [1.82, 2.24) is 0 Å². The molecule has 3 rings (SSSR count). The second kappa shape index (κ2) is 6.87. The van der Waals surface area contributed by atoms with Gasteiger partial charge in [0.25, 0.3) is 5.91 Å². The summed E-state index contributed by atoms with van der Waals surface area (Å²) in [6.07, 6.45) is 1.93. The lowest BCUT2D eigenvalue weighted by molar-refractivity contribution is -0.117. The molecule has 0 bridgehead atoms. The van der Waals surface area contributed by atoms with Gasteiger partial charge in [-0.2, -0.15) is 0 Å². The first-order chi connectivity index (χ1) is 11.5. The van der Waals surface area contributed by atoms with Crippen molar-refractivity contribution >= 4 is 23.2 Å². The Morgan fingerprint density at radius 2 is 1.58 bits per heavy atom. The van der Waals surface area contributed by atoms with Crippen LogP contribution in [0, 0.1) is 5.92 Å². The van der Waals surface area contributed by atoms with Crippen molar-refractivity contribution in [2.75, 3.05) is 10.6 Å². The van der Waals surface area contributed by atoms with Gasteiger partial charge in [0.1, 0.15) is 0 Å². The zero-order valence-electron chi connectivity index (χ0n) is 14.0. The van der Waals surface area contributed by atoms with Gasteiger partial charge in [-0.3, -0.25) is 9.59 Å². The minimum atomic E-state index is -0.157. The first-order valence-electron chi connectivity index (χ1n) is 8.35. The molecule has 2 amide bonds. The maximum Gasteiger partial charge on any atom is 0.255 e. The van der Waals surface area contributed by atoms with E-state index in [1.54, 1.807) is 6.07 Å². The molecule has 4 heteroatoms. The average Bonchev–Trinajstić information content (AvgIpc) is 3.40. The van der Waals surface area contributed by atoms with E-state index in [9.17, 15) is 9.59 Å². The fraction of sp³-hybridized carbons (Fsp3) is 0.300. The highest BCUT2D eigenvalue weighted by Gasteiger charge is 2.29. The number of carbonyl (C=O) groups is 2. The summed E-state index contributed by atoms with van der Waals surface area (Å²) < 4.78 is 0. The summed E-state index contributed by atoms with van der Waals surface area (Å²) in [5.41, 5.74) is 3.20. The third-order valence-corrected chi connectivity index (χ3v) is 4.18. The second-order valence-electron chi connectivity index (χ2n) is 6.58. The maximum atomic E-state index is 12.3. The molecule has 124 valence electrons. The van der Waals surface area contributed by atoms with Gasteiger partial charge in [-0.05, 0) is 54.7 Å². The van der Waals surface area contributed by atoms with Gasteiger partial charge in [0, 0.05) is 22.9 Å². The molecule has 0 radical (unpaired) electrons. The molecule has 0 unspecified atom stereocenters. The molecule has 2 aromatic rings. The number of hydrogen-bond acceptors (Lipinski definition) is 2. The molecule has 0 atom stereocenters. The zero-order chi connectivity index (χ0) is 17.1. The highest BCUT2D eigenvalue weighted by atomic mass is 16.2. The van der Waals surface area contributed by atoms with Crippen LogP contribution >= 0.6 is 0 Å². The Kier molecular flexibility index (Phi) is 4.65. The van der Waals surface area contributed by atoms with Crippen LogP contribution in [0.3, 0.4) is 0 Å². The lowest BCUT2D eigenvalue weighted by Crippen LogP contribution is -2.14. The van der Waals surface area contributed by atoms with E-state index in [2.05, 4.69) is 24.5 Å². The van der Waals surface area contributed by atoms with Crippen LogP contribution in [0.5, 0.6) is 0 Å². The van der Waals surface area contributed by atoms with Crippen LogP contribution < -0.4 is 10.6 Å². The third kappa shape index (κ3) is 4.02. The van der Waals surface area contributed by atoms with Crippen LogP contribution in [-0.2, 0) is 4.79 Å². The summed E-state index contributed by atoms with van der Waals surface area (Å²) in [5.74, 6) is 0.496. The summed E-state index contributed by atoms with van der Waals surface area (Å²) >= 11 is 0. The average molecular weight is 322 g/mol. The van der Waals surface area contributed by atoms with Crippen LogP contribution in [0.1, 0.15) is 48.5 Å². The molecule has 0 spiro atoms. The van der Waals surface area contributed by atoms with E-state index < -0.39 is 0 Å². The Morgan fingerprint density at radius 3 is 2.17 bits per heavy atom. The monoisotopic (exact) mass is 322 g/mol. The normalized spacial score (nSPS) is 13.6. The summed E-state index contributed by atoms with van der Waals surface area (Å²) in [6.45, 7) is 4.24. The number of carbonyl (C=O) groups excluding carboxylic acids is 2. The summed E-state index contributed by atoms with van der Waals surface area (Å²) in [4.78, 5) is 24.2. The molecular formula is C20H22N2O2. The van der Waals surface area contributed by atoms with Crippen LogP contribution in [-0.4, -0.2) is 11.8 Å². The van der Waals surface area contributed by atoms with Crippen molar-refractivity contribution in [3.05, 3.63) is 59.7 Å². The van der Waals surface area contributed by atoms with E-state index >= 15 is 0 Å². The van der Waals surface area contributed by atoms with E-state index in [0.717, 1.165) is 12.8 Å². The first kappa shape index (κ1) is 16.2.